The summed E-state index contributed by atoms with van der Waals surface area (Å²) in [4.78, 5) is 9.19. The topological polar surface area (TPSA) is 86.6 Å². The first-order valence-electron chi connectivity index (χ1n) is 12.3. The zero-order valence-corrected chi connectivity index (χ0v) is 21.2. The van der Waals surface area contributed by atoms with Crippen LogP contribution in [0.3, 0.4) is 0 Å². The predicted octanol–water partition coefficient (Wildman–Crippen LogP) is 4.29. The largest absolute Gasteiger partial charge is 0.573 e. The summed E-state index contributed by atoms with van der Waals surface area (Å²) in [7, 11) is -3.16. The first-order valence-corrected chi connectivity index (χ1v) is 14.1. The lowest BCUT2D eigenvalue weighted by Crippen LogP contribution is -2.38. The van der Waals surface area contributed by atoms with Crippen LogP contribution in [0.2, 0.25) is 0 Å². The molecule has 2 aliphatic heterocycles. The molecule has 0 bridgehead atoms. The summed E-state index contributed by atoms with van der Waals surface area (Å²) in [5.41, 5.74) is 2.59. The summed E-state index contributed by atoms with van der Waals surface area (Å²) in [6, 6.07) is 7.98. The highest BCUT2D eigenvalue weighted by atomic mass is 32.2. The van der Waals surface area contributed by atoms with Gasteiger partial charge in [0, 0.05) is 49.7 Å². The van der Waals surface area contributed by atoms with Crippen molar-refractivity contribution in [1.82, 2.24) is 18.8 Å². The van der Waals surface area contributed by atoms with Crippen molar-refractivity contribution in [2.45, 2.75) is 44.0 Å². The lowest BCUT2D eigenvalue weighted by molar-refractivity contribution is -0.274. The first kappa shape index (κ1) is 25.9. The molecule has 0 aliphatic carbocycles. The van der Waals surface area contributed by atoms with E-state index in [9.17, 15) is 21.6 Å². The number of piperidine rings is 1. The Kier molecular flexibility index (Phi) is 7.16. The molecule has 3 aromatic rings. The lowest BCUT2D eigenvalue weighted by Gasteiger charge is -2.32. The molecule has 0 spiro atoms. The number of fused-ring (bicyclic) bond motifs is 1. The zero-order valence-electron chi connectivity index (χ0n) is 20.4. The molecule has 4 heterocycles. The molecule has 2 atom stereocenters. The van der Waals surface area contributed by atoms with Crippen molar-refractivity contribution in [3.8, 4) is 5.75 Å². The molecule has 200 valence electrons. The fourth-order valence-corrected chi connectivity index (χ4v) is 6.35. The molecule has 37 heavy (non-hydrogen) atoms. The van der Waals surface area contributed by atoms with Crippen molar-refractivity contribution in [3.05, 3.63) is 54.1 Å². The van der Waals surface area contributed by atoms with Crippen molar-refractivity contribution in [1.29, 1.82) is 0 Å². The second-order valence-corrected chi connectivity index (χ2v) is 11.7. The summed E-state index contributed by atoms with van der Waals surface area (Å²) in [5.74, 6) is 0.0339. The third kappa shape index (κ3) is 5.91. The van der Waals surface area contributed by atoms with Gasteiger partial charge in [0.1, 0.15) is 17.7 Å². The number of rotatable bonds is 6. The minimum absolute atomic E-state index is 0.0162. The highest BCUT2D eigenvalue weighted by Crippen LogP contribution is 2.41. The fourth-order valence-electron chi connectivity index (χ4n) is 5.48. The summed E-state index contributed by atoms with van der Waals surface area (Å²) < 4.78 is 74.7. The van der Waals surface area contributed by atoms with Crippen LogP contribution in [0.1, 0.15) is 42.4 Å². The van der Waals surface area contributed by atoms with Crippen LogP contribution in [0.15, 0.2) is 42.9 Å². The van der Waals surface area contributed by atoms with Crippen LogP contribution in [-0.4, -0.2) is 66.2 Å². The van der Waals surface area contributed by atoms with E-state index in [1.54, 1.807) is 18.5 Å². The third-order valence-corrected chi connectivity index (χ3v) is 8.64. The van der Waals surface area contributed by atoms with E-state index >= 15 is 0 Å². The number of ether oxygens (including phenoxy) is 2. The zero-order chi connectivity index (χ0) is 26.2. The summed E-state index contributed by atoms with van der Waals surface area (Å²) in [6.07, 6.45) is 2.40. The van der Waals surface area contributed by atoms with Crippen molar-refractivity contribution < 1.29 is 31.1 Å². The lowest BCUT2D eigenvalue weighted by atomic mass is 9.80. The number of sulfonamides is 1. The van der Waals surface area contributed by atoms with Crippen molar-refractivity contribution >= 4 is 21.1 Å². The minimum atomic E-state index is -4.73. The number of nitrogens with zero attached hydrogens (tertiary/aromatic N) is 4. The molecule has 8 nitrogen and oxygen atoms in total. The van der Waals surface area contributed by atoms with Gasteiger partial charge in [0.15, 0.2) is 0 Å². The van der Waals surface area contributed by atoms with Gasteiger partial charge in [-0.15, -0.1) is 13.2 Å². The Labute approximate surface area is 213 Å². The normalized spacial score (nSPS) is 22.4. The van der Waals surface area contributed by atoms with E-state index in [1.807, 2.05) is 12.3 Å². The van der Waals surface area contributed by atoms with Crippen LogP contribution in [0.5, 0.6) is 5.75 Å². The highest BCUT2D eigenvalue weighted by Gasteiger charge is 2.33. The minimum Gasteiger partial charge on any atom is -0.406 e. The molecule has 5 rings (SSSR count). The third-order valence-electron chi connectivity index (χ3n) is 7.33. The van der Waals surface area contributed by atoms with Gasteiger partial charge in [0.2, 0.25) is 10.0 Å². The van der Waals surface area contributed by atoms with Crippen molar-refractivity contribution in [3.63, 3.8) is 0 Å². The van der Waals surface area contributed by atoms with E-state index in [2.05, 4.69) is 19.3 Å². The van der Waals surface area contributed by atoms with Crippen LogP contribution in [0, 0.1) is 5.92 Å². The standard InChI is InChI=1S/C25H29F3N4O4S/c1-37(33,34)32-11-6-17(7-12-32)14-31-10-8-21-23(29-16-30-24(21)31)20-9-13-35-15-22(20)18-2-4-19(5-3-18)36-25(26,27)28/h2-5,8,10,16-17,20,22H,6-7,9,11-15H2,1H3. The van der Waals surface area contributed by atoms with Crippen LogP contribution in [-0.2, 0) is 21.3 Å². The average molecular weight is 539 g/mol. The van der Waals surface area contributed by atoms with Crippen LogP contribution >= 0.6 is 0 Å². The smallest absolute Gasteiger partial charge is 0.406 e. The highest BCUT2D eigenvalue weighted by molar-refractivity contribution is 7.88. The monoisotopic (exact) mass is 538 g/mol. The van der Waals surface area contributed by atoms with E-state index in [0.29, 0.717) is 32.2 Å². The van der Waals surface area contributed by atoms with E-state index in [-0.39, 0.29) is 17.6 Å². The van der Waals surface area contributed by atoms with Gasteiger partial charge < -0.3 is 14.0 Å². The second kappa shape index (κ2) is 10.2. The second-order valence-electron chi connectivity index (χ2n) is 9.76. The van der Waals surface area contributed by atoms with E-state index in [0.717, 1.165) is 48.1 Å². The molecule has 0 saturated carbocycles. The number of benzene rings is 1. The maximum atomic E-state index is 12.6. The quantitative estimate of drug-likeness (QED) is 0.466. The van der Waals surface area contributed by atoms with Crippen LogP contribution in [0.25, 0.3) is 11.0 Å². The number of halogens is 3. The molecule has 12 heteroatoms. The molecule has 0 amide bonds. The molecular formula is C25H29F3N4O4S. The Bertz CT molecular complexity index is 1340. The van der Waals surface area contributed by atoms with E-state index < -0.39 is 16.4 Å². The molecule has 2 fully saturated rings. The van der Waals surface area contributed by atoms with Crippen LogP contribution in [0.4, 0.5) is 13.2 Å². The fraction of sp³-hybridized carbons (Fsp3) is 0.520. The first-order chi connectivity index (χ1) is 17.6. The predicted molar refractivity (Wildman–Crippen MR) is 131 cm³/mol. The maximum absolute atomic E-state index is 12.6. The molecule has 1 aromatic carbocycles. The Morgan fingerprint density at radius 1 is 1.05 bits per heavy atom. The maximum Gasteiger partial charge on any atom is 0.573 e. The van der Waals surface area contributed by atoms with Gasteiger partial charge in [0.25, 0.3) is 0 Å². The van der Waals surface area contributed by atoms with Gasteiger partial charge in [-0.05, 0) is 48.9 Å². The number of hydrogen-bond acceptors (Lipinski definition) is 6. The van der Waals surface area contributed by atoms with Gasteiger partial charge in [-0.2, -0.15) is 0 Å². The number of aromatic nitrogens is 3. The summed E-state index contributed by atoms with van der Waals surface area (Å²) in [5, 5.41) is 0.949. The molecular weight excluding hydrogens is 509 g/mol. The Morgan fingerprint density at radius 3 is 2.46 bits per heavy atom. The van der Waals surface area contributed by atoms with Gasteiger partial charge >= 0.3 is 6.36 Å². The molecule has 2 saturated heterocycles. The van der Waals surface area contributed by atoms with E-state index in [4.69, 9.17) is 4.74 Å². The Morgan fingerprint density at radius 2 is 1.78 bits per heavy atom. The SMILES string of the molecule is CS(=O)(=O)N1CCC(Cn2ccc3c(C4CCOCC4c4ccc(OC(F)(F)F)cc4)ncnc32)CC1. The summed E-state index contributed by atoms with van der Waals surface area (Å²) in [6.45, 7) is 2.81. The number of alkyl halides is 3. The Hall–Kier alpha value is -2.70. The average Bonchev–Trinajstić information content (AvgIpc) is 3.26. The van der Waals surface area contributed by atoms with Crippen LogP contribution < -0.4 is 4.74 Å². The molecule has 2 aliphatic rings. The van der Waals surface area contributed by atoms with Gasteiger partial charge in [-0.25, -0.2) is 22.7 Å². The molecule has 0 N–H and O–H groups in total. The van der Waals surface area contributed by atoms with Crippen molar-refractivity contribution in [2.75, 3.05) is 32.6 Å². The molecule has 2 aromatic heterocycles. The molecule has 0 radical (unpaired) electrons. The van der Waals surface area contributed by atoms with Gasteiger partial charge in [0.05, 0.1) is 18.6 Å². The Balaban J connectivity index is 1.36. The van der Waals surface area contributed by atoms with Gasteiger partial charge in [-0.3, -0.25) is 0 Å². The van der Waals surface area contributed by atoms with Crippen molar-refractivity contribution in [2.24, 2.45) is 5.92 Å². The number of hydrogen-bond donors (Lipinski definition) is 0. The van der Waals surface area contributed by atoms with E-state index in [1.165, 1.54) is 22.7 Å². The van der Waals surface area contributed by atoms with Gasteiger partial charge in [-0.1, -0.05) is 12.1 Å². The molecule has 2 unspecified atom stereocenters. The summed E-state index contributed by atoms with van der Waals surface area (Å²) >= 11 is 0.